The number of nitrogens with one attached hydrogen (secondary N) is 1. The van der Waals surface area contributed by atoms with Crippen LogP contribution in [-0.4, -0.2) is 41.5 Å². The van der Waals surface area contributed by atoms with E-state index in [0.29, 0.717) is 11.3 Å². The fourth-order valence-electron chi connectivity index (χ4n) is 1.88. The Morgan fingerprint density at radius 2 is 2.04 bits per heavy atom. The number of rotatable bonds is 7. The van der Waals surface area contributed by atoms with Gasteiger partial charge in [0, 0.05) is 5.56 Å². The Bertz CT molecular complexity index is 709. The monoisotopic (exact) mass is 333 g/mol. The van der Waals surface area contributed by atoms with Gasteiger partial charge in [0.2, 0.25) is 5.89 Å². The molecule has 2 aromatic rings. The van der Waals surface area contributed by atoms with E-state index in [-0.39, 0.29) is 23.9 Å². The summed E-state index contributed by atoms with van der Waals surface area (Å²) in [7, 11) is 1.53. The van der Waals surface area contributed by atoms with Crippen LogP contribution >= 0.6 is 0 Å². The molecule has 0 aliphatic rings. The predicted molar refractivity (Wildman–Crippen MR) is 84.8 cm³/mol. The van der Waals surface area contributed by atoms with Crippen LogP contribution < -0.4 is 15.8 Å². The van der Waals surface area contributed by atoms with E-state index in [4.69, 9.17) is 14.9 Å². The molecule has 4 N–H and O–H groups in total. The number of benzene rings is 1. The number of ether oxygens (including phenoxy) is 1. The number of aliphatic hydroxyl groups is 1. The van der Waals surface area contributed by atoms with Gasteiger partial charge < -0.3 is 25.3 Å². The first kappa shape index (κ1) is 17.6. The van der Waals surface area contributed by atoms with Gasteiger partial charge in [-0.25, -0.2) is 4.98 Å². The number of Topliss-reactive ketones (excluding diaryl/α,β-unsaturated/α-hetero) is 1. The number of hydrogen-bond donors (Lipinski definition) is 3. The summed E-state index contributed by atoms with van der Waals surface area (Å²) in [5.74, 6) is -0.128. The van der Waals surface area contributed by atoms with Crippen LogP contribution in [0.25, 0.3) is 0 Å². The highest BCUT2D eigenvalue weighted by molar-refractivity contribution is 6.01. The molecule has 1 heterocycles. The first-order chi connectivity index (χ1) is 11.4. The van der Waals surface area contributed by atoms with Gasteiger partial charge in [-0.3, -0.25) is 9.59 Å². The van der Waals surface area contributed by atoms with Crippen LogP contribution in [0, 0.1) is 0 Å². The fourth-order valence-corrected chi connectivity index (χ4v) is 1.88. The second-order valence-electron chi connectivity index (χ2n) is 5.17. The van der Waals surface area contributed by atoms with E-state index in [0.717, 1.165) is 6.26 Å². The third kappa shape index (κ3) is 4.18. The molecule has 0 aliphatic heterocycles. The van der Waals surface area contributed by atoms with Gasteiger partial charge in [0.1, 0.15) is 18.1 Å². The number of aliphatic hydroxyl groups excluding tert-OH is 1. The molecule has 128 valence electrons. The van der Waals surface area contributed by atoms with Gasteiger partial charge in [0.15, 0.2) is 11.5 Å². The summed E-state index contributed by atoms with van der Waals surface area (Å²) < 4.78 is 10.1. The Morgan fingerprint density at radius 1 is 1.38 bits per heavy atom. The smallest absolute Gasteiger partial charge is 0.273 e. The Hall–Kier alpha value is -2.71. The standard InChI is InChI=1S/C16H19N3O5/c1-9(20)14(17)16-19-12(8-24-16)15(22)18-7-13(21)10-3-5-11(23-2)6-4-10/h3-6,8-9,14,20H,7,17H2,1-2H3,(H,18,22). The first-order valence-electron chi connectivity index (χ1n) is 7.27. The van der Waals surface area contributed by atoms with Crippen LogP contribution in [-0.2, 0) is 0 Å². The number of nitrogens with two attached hydrogens (primary N) is 1. The number of hydrogen-bond acceptors (Lipinski definition) is 7. The molecule has 1 aromatic heterocycles. The third-order valence-corrected chi connectivity index (χ3v) is 3.38. The van der Waals surface area contributed by atoms with Gasteiger partial charge in [0.25, 0.3) is 5.91 Å². The van der Waals surface area contributed by atoms with Crippen molar-refractivity contribution in [3.63, 3.8) is 0 Å². The molecule has 1 amide bonds. The summed E-state index contributed by atoms with van der Waals surface area (Å²) in [4.78, 5) is 27.9. The molecule has 8 heteroatoms. The van der Waals surface area contributed by atoms with Crippen molar-refractivity contribution in [2.75, 3.05) is 13.7 Å². The molecule has 0 saturated carbocycles. The van der Waals surface area contributed by atoms with Crippen molar-refractivity contribution in [1.82, 2.24) is 10.3 Å². The highest BCUT2D eigenvalue weighted by atomic mass is 16.5. The van der Waals surface area contributed by atoms with Crippen molar-refractivity contribution in [1.29, 1.82) is 0 Å². The van der Waals surface area contributed by atoms with Crippen LogP contribution in [0.1, 0.15) is 39.7 Å². The molecule has 0 fully saturated rings. The van der Waals surface area contributed by atoms with Crippen LogP contribution in [0.15, 0.2) is 34.9 Å². The summed E-state index contributed by atoms with van der Waals surface area (Å²) in [6.45, 7) is 1.30. The lowest BCUT2D eigenvalue weighted by Crippen LogP contribution is -2.30. The third-order valence-electron chi connectivity index (χ3n) is 3.38. The second-order valence-corrected chi connectivity index (χ2v) is 5.17. The number of methoxy groups -OCH3 is 1. The summed E-state index contributed by atoms with van der Waals surface area (Å²) >= 11 is 0. The lowest BCUT2D eigenvalue weighted by molar-refractivity contribution is 0.0900. The van der Waals surface area contributed by atoms with Crippen LogP contribution in [0.2, 0.25) is 0 Å². The summed E-state index contributed by atoms with van der Waals surface area (Å²) in [5, 5.41) is 11.8. The molecule has 0 spiro atoms. The molecule has 2 atom stereocenters. The minimum absolute atomic E-state index is 0.0105. The zero-order valence-corrected chi connectivity index (χ0v) is 13.4. The zero-order chi connectivity index (χ0) is 17.7. The van der Waals surface area contributed by atoms with E-state index in [1.54, 1.807) is 24.3 Å². The maximum atomic E-state index is 12.0. The quantitative estimate of drug-likeness (QED) is 0.636. The highest BCUT2D eigenvalue weighted by Gasteiger charge is 2.20. The number of carbonyl (C=O) groups excluding carboxylic acids is 2. The Kier molecular flexibility index (Phi) is 5.67. The van der Waals surface area contributed by atoms with Gasteiger partial charge >= 0.3 is 0 Å². The molecule has 0 radical (unpaired) electrons. The van der Waals surface area contributed by atoms with Gasteiger partial charge in [-0.2, -0.15) is 0 Å². The van der Waals surface area contributed by atoms with Crippen molar-refractivity contribution in [3.05, 3.63) is 47.7 Å². The number of ketones is 1. The van der Waals surface area contributed by atoms with Crippen molar-refractivity contribution in [2.24, 2.45) is 5.73 Å². The molecule has 0 aliphatic carbocycles. The van der Waals surface area contributed by atoms with Crippen molar-refractivity contribution >= 4 is 11.7 Å². The van der Waals surface area contributed by atoms with Gasteiger partial charge in [-0.1, -0.05) is 0 Å². The SMILES string of the molecule is COc1ccc(C(=O)CNC(=O)c2coc(C(N)C(C)O)n2)cc1. The largest absolute Gasteiger partial charge is 0.497 e. The second kappa shape index (κ2) is 7.71. The molecule has 1 aromatic carbocycles. The van der Waals surface area contributed by atoms with E-state index >= 15 is 0 Å². The number of oxazole rings is 1. The molecule has 0 bridgehead atoms. The molecule has 0 saturated heterocycles. The minimum atomic E-state index is -0.865. The zero-order valence-electron chi connectivity index (χ0n) is 13.4. The van der Waals surface area contributed by atoms with Crippen molar-refractivity contribution in [3.8, 4) is 5.75 Å². The normalized spacial score (nSPS) is 13.2. The average Bonchev–Trinajstić information content (AvgIpc) is 3.08. The molecule has 2 unspecified atom stereocenters. The minimum Gasteiger partial charge on any atom is -0.497 e. The first-order valence-corrected chi connectivity index (χ1v) is 7.27. The van der Waals surface area contributed by atoms with Gasteiger partial charge in [0.05, 0.1) is 19.8 Å². The van der Waals surface area contributed by atoms with E-state index in [9.17, 15) is 14.7 Å². The molecule has 2 rings (SSSR count). The number of amides is 1. The lowest BCUT2D eigenvalue weighted by atomic mass is 10.1. The Labute approximate surface area is 138 Å². The molecular weight excluding hydrogens is 314 g/mol. The summed E-state index contributed by atoms with van der Waals surface area (Å²) in [6.07, 6.45) is 0.265. The maximum absolute atomic E-state index is 12.0. The average molecular weight is 333 g/mol. The van der Waals surface area contributed by atoms with Crippen LogP contribution in [0.5, 0.6) is 5.75 Å². The summed E-state index contributed by atoms with van der Waals surface area (Å²) in [5.41, 5.74) is 6.11. The van der Waals surface area contributed by atoms with Gasteiger partial charge in [-0.05, 0) is 31.2 Å². The highest BCUT2D eigenvalue weighted by Crippen LogP contribution is 2.14. The molecular formula is C16H19N3O5. The lowest BCUT2D eigenvalue weighted by Gasteiger charge is -2.09. The van der Waals surface area contributed by atoms with Crippen LogP contribution in [0.4, 0.5) is 0 Å². The van der Waals surface area contributed by atoms with Crippen LogP contribution in [0.3, 0.4) is 0 Å². The molecule has 8 nitrogen and oxygen atoms in total. The summed E-state index contributed by atoms with van der Waals surface area (Å²) in [6, 6.07) is 5.73. The molecule has 24 heavy (non-hydrogen) atoms. The maximum Gasteiger partial charge on any atom is 0.273 e. The van der Waals surface area contributed by atoms with Crippen molar-refractivity contribution < 1.29 is 23.8 Å². The number of aromatic nitrogens is 1. The van der Waals surface area contributed by atoms with E-state index in [2.05, 4.69) is 10.3 Å². The fraction of sp³-hybridized carbons (Fsp3) is 0.312. The number of nitrogens with zero attached hydrogens (tertiary/aromatic N) is 1. The van der Waals surface area contributed by atoms with E-state index in [1.807, 2.05) is 0 Å². The van der Waals surface area contributed by atoms with E-state index < -0.39 is 18.1 Å². The topological polar surface area (TPSA) is 128 Å². The number of carbonyl (C=O) groups is 2. The predicted octanol–water partition coefficient (Wildman–Crippen LogP) is 0.676. The van der Waals surface area contributed by atoms with E-state index in [1.165, 1.54) is 14.0 Å². The van der Waals surface area contributed by atoms with Crippen molar-refractivity contribution in [2.45, 2.75) is 19.1 Å². The Morgan fingerprint density at radius 3 is 2.62 bits per heavy atom. The van der Waals surface area contributed by atoms with Gasteiger partial charge in [-0.15, -0.1) is 0 Å². The Balaban J connectivity index is 1.93.